The van der Waals surface area contributed by atoms with Crippen LogP contribution in [-0.4, -0.2) is 21.0 Å². The van der Waals surface area contributed by atoms with E-state index in [2.05, 4.69) is 16.9 Å². The number of carboxylic acid groups (broad SMARTS) is 1. The van der Waals surface area contributed by atoms with E-state index in [0.29, 0.717) is 0 Å². The fraction of sp³-hybridized carbons (Fsp3) is 0.350. The third-order valence-electron chi connectivity index (χ3n) is 3.99. The minimum absolute atomic E-state index is 0.0230. The summed E-state index contributed by atoms with van der Waals surface area (Å²) in [6, 6.07) is 9.80. The van der Waals surface area contributed by atoms with Crippen molar-refractivity contribution in [3.05, 3.63) is 65.8 Å². The van der Waals surface area contributed by atoms with Crippen LogP contribution in [0.3, 0.4) is 0 Å². The predicted molar refractivity (Wildman–Crippen MR) is 95.7 cm³/mol. The van der Waals surface area contributed by atoms with Crippen LogP contribution >= 0.6 is 0 Å². The number of nitrogens with zero attached hydrogens (tertiary/aromatic N) is 2. The van der Waals surface area contributed by atoms with Gasteiger partial charge in [0, 0.05) is 18.3 Å². The van der Waals surface area contributed by atoms with Gasteiger partial charge in [0.2, 0.25) is 0 Å². The third kappa shape index (κ3) is 5.01. The lowest BCUT2D eigenvalue weighted by Crippen LogP contribution is -2.06. The molecule has 0 aliphatic heterocycles. The van der Waals surface area contributed by atoms with E-state index >= 15 is 0 Å². The van der Waals surface area contributed by atoms with Crippen LogP contribution in [0.15, 0.2) is 48.8 Å². The molecule has 0 fully saturated rings. The Hall–Kier alpha value is -2.49. The Morgan fingerprint density at radius 2 is 1.83 bits per heavy atom. The molecule has 0 saturated carbocycles. The van der Waals surface area contributed by atoms with Crippen LogP contribution in [0.4, 0.5) is 0 Å². The molecule has 4 nitrogen and oxygen atoms in total. The van der Waals surface area contributed by atoms with Gasteiger partial charge in [0.1, 0.15) is 5.57 Å². The molecule has 1 heterocycles. The van der Waals surface area contributed by atoms with Crippen molar-refractivity contribution in [3.63, 3.8) is 0 Å². The summed E-state index contributed by atoms with van der Waals surface area (Å²) in [5.74, 6) is -0.758. The van der Waals surface area contributed by atoms with Crippen LogP contribution in [0.25, 0.3) is 5.57 Å². The van der Waals surface area contributed by atoms with E-state index in [1.807, 2.05) is 37.3 Å². The topological polar surface area (TPSA) is 63.1 Å². The summed E-state index contributed by atoms with van der Waals surface area (Å²) >= 11 is 0. The number of aryl methyl sites for hydroxylation is 1. The Bertz CT molecular complexity index is 679. The van der Waals surface area contributed by atoms with Gasteiger partial charge in [-0.05, 0) is 24.0 Å². The molecule has 4 heteroatoms. The molecular weight excluding hydrogens is 300 g/mol. The zero-order chi connectivity index (χ0) is 17.4. The lowest BCUT2D eigenvalue weighted by atomic mass is 9.98. The van der Waals surface area contributed by atoms with E-state index in [0.717, 1.165) is 24.0 Å². The number of hydrogen-bond acceptors (Lipinski definition) is 3. The van der Waals surface area contributed by atoms with Crippen LogP contribution in [0.5, 0.6) is 0 Å². The summed E-state index contributed by atoms with van der Waals surface area (Å²) in [6.07, 6.45) is 9.57. The number of carbonyl (C=O) groups is 1. The molecule has 1 atom stereocenters. The number of aromatic nitrogens is 2. The molecule has 0 spiro atoms. The molecule has 1 N–H and O–H groups in total. The molecule has 1 aromatic heterocycles. The largest absolute Gasteiger partial charge is 0.478 e. The highest BCUT2D eigenvalue weighted by molar-refractivity contribution is 6.14. The number of allylic oxidation sites excluding steroid dienone is 1. The van der Waals surface area contributed by atoms with Gasteiger partial charge in [-0.3, -0.25) is 0 Å². The molecule has 2 rings (SSSR count). The standard InChI is InChI=1S/C20H24N2O2/c1-3-4-6-9-16-13-21-19(22-14-16)18(20(23)24)12-15(2)17-10-7-5-8-11-17/h5,7-8,10-15H,3-4,6,9H2,1-2H3,(H,23,24)/b18-12+. The molecule has 0 aliphatic rings. The molecule has 0 radical (unpaired) electrons. The first-order valence-corrected chi connectivity index (χ1v) is 8.43. The number of hydrogen-bond donors (Lipinski definition) is 1. The van der Waals surface area contributed by atoms with Crippen LogP contribution in [-0.2, 0) is 11.2 Å². The number of unbranched alkanes of at least 4 members (excludes halogenated alkanes) is 2. The second-order valence-electron chi connectivity index (χ2n) is 5.96. The molecule has 1 aromatic carbocycles. The summed E-state index contributed by atoms with van der Waals surface area (Å²) in [4.78, 5) is 20.1. The monoisotopic (exact) mass is 324 g/mol. The normalized spacial score (nSPS) is 12.8. The highest BCUT2D eigenvalue weighted by Gasteiger charge is 2.15. The molecule has 0 bridgehead atoms. The maximum Gasteiger partial charge on any atom is 0.339 e. The van der Waals surface area contributed by atoms with Crippen molar-refractivity contribution >= 4 is 11.5 Å². The summed E-state index contributed by atoms with van der Waals surface area (Å²) in [7, 11) is 0. The molecule has 1 unspecified atom stereocenters. The van der Waals surface area contributed by atoms with E-state index in [-0.39, 0.29) is 17.3 Å². The minimum Gasteiger partial charge on any atom is -0.478 e. The lowest BCUT2D eigenvalue weighted by molar-refractivity contribution is -0.130. The molecule has 24 heavy (non-hydrogen) atoms. The van der Waals surface area contributed by atoms with Gasteiger partial charge in [-0.25, -0.2) is 14.8 Å². The SMILES string of the molecule is CCCCCc1cnc(/C(=C\C(C)c2ccccc2)C(=O)O)nc1. The van der Waals surface area contributed by atoms with E-state index in [1.54, 1.807) is 18.5 Å². The molecule has 126 valence electrons. The first-order chi connectivity index (χ1) is 11.6. The van der Waals surface area contributed by atoms with E-state index < -0.39 is 5.97 Å². The Morgan fingerprint density at radius 1 is 1.17 bits per heavy atom. The molecule has 0 aliphatic carbocycles. The summed E-state index contributed by atoms with van der Waals surface area (Å²) < 4.78 is 0. The number of rotatable bonds is 8. The lowest BCUT2D eigenvalue weighted by Gasteiger charge is -2.09. The van der Waals surface area contributed by atoms with Crippen LogP contribution in [0.2, 0.25) is 0 Å². The van der Waals surface area contributed by atoms with Crippen LogP contribution < -0.4 is 0 Å². The van der Waals surface area contributed by atoms with Crippen molar-refractivity contribution in [3.8, 4) is 0 Å². The van der Waals surface area contributed by atoms with Crippen molar-refractivity contribution in [1.29, 1.82) is 0 Å². The number of benzene rings is 1. The molecule has 0 amide bonds. The predicted octanol–water partition coefficient (Wildman–Crippen LogP) is 4.48. The van der Waals surface area contributed by atoms with E-state index in [4.69, 9.17) is 0 Å². The Morgan fingerprint density at radius 3 is 2.42 bits per heavy atom. The van der Waals surface area contributed by atoms with E-state index in [1.165, 1.54) is 12.8 Å². The second-order valence-corrected chi connectivity index (χ2v) is 5.96. The van der Waals surface area contributed by atoms with Gasteiger partial charge in [-0.2, -0.15) is 0 Å². The average Bonchev–Trinajstić information content (AvgIpc) is 2.61. The summed E-state index contributed by atoms with van der Waals surface area (Å²) in [6.45, 7) is 4.13. The van der Waals surface area contributed by atoms with Gasteiger partial charge in [0.05, 0.1) is 0 Å². The fourth-order valence-corrected chi connectivity index (χ4v) is 2.55. The summed E-state index contributed by atoms with van der Waals surface area (Å²) in [5, 5.41) is 9.52. The first kappa shape index (κ1) is 17.9. The number of carboxylic acids is 1. The maximum atomic E-state index is 11.6. The smallest absolute Gasteiger partial charge is 0.339 e. The quantitative estimate of drug-likeness (QED) is 0.574. The minimum atomic E-state index is -1.00. The molecule has 2 aromatic rings. The average molecular weight is 324 g/mol. The highest BCUT2D eigenvalue weighted by Crippen LogP contribution is 2.21. The zero-order valence-electron chi connectivity index (χ0n) is 14.3. The van der Waals surface area contributed by atoms with Crippen LogP contribution in [0, 0.1) is 0 Å². The van der Waals surface area contributed by atoms with E-state index in [9.17, 15) is 9.90 Å². The highest BCUT2D eigenvalue weighted by atomic mass is 16.4. The maximum absolute atomic E-state index is 11.6. The Kier molecular flexibility index (Phi) is 6.67. The Labute approximate surface area is 143 Å². The van der Waals surface area contributed by atoms with Gasteiger partial charge in [-0.1, -0.05) is 63.1 Å². The van der Waals surface area contributed by atoms with Gasteiger partial charge >= 0.3 is 5.97 Å². The molecular formula is C20H24N2O2. The zero-order valence-corrected chi connectivity index (χ0v) is 14.3. The Balaban J connectivity index is 2.18. The molecule has 0 saturated heterocycles. The van der Waals surface area contributed by atoms with Crippen LogP contribution in [0.1, 0.15) is 56.0 Å². The van der Waals surface area contributed by atoms with Gasteiger partial charge in [-0.15, -0.1) is 0 Å². The van der Waals surface area contributed by atoms with Crippen molar-refractivity contribution in [2.24, 2.45) is 0 Å². The van der Waals surface area contributed by atoms with Crippen molar-refractivity contribution in [1.82, 2.24) is 9.97 Å². The van der Waals surface area contributed by atoms with Gasteiger partial charge < -0.3 is 5.11 Å². The fourth-order valence-electron chi connectivity index (χ4n) is 2.55. The van der Waals surface area contributed by atoms with Gasteiger partial charge in [0.25, 0.3) is 0 Å². The van der Waals surface area contributed by atoms with Gasteiger partial charge in [0.15, 0.2) is 5.82 Å². The van der Waals surface area contributed by atoms with Crippen molar-refractivity contribution < 1.29 is 9.90 Å². The van der Waals surface area contributed by atoms with Crippen molar-refractivity contribution in [2.75, 3.05) is 0 Å². The summed E-state index contributed by atoms with van der Waals surface area (Å²) in [5.41, 5.74) is 2.26. The second kappa shape index (κ2) is 8.96. The number of aliphatic carboxylic acids is 1. The third-order valence-corrected chi connectivity index (χ3v) is 3.99. The first-order valence-electron chi connectivity index (χ1n) is 8.43. The van der Waals surface area contributed by atoms with Crippen molar-refractivity contribution in [2.45, 2.75) is 45.4 Å².